The van der Waals surface area contributed by atoms with Crippen molar-refractivity contribution in [1.29, 1.82) is 0 Å². The molecule has 4 rings (SSSR count). The van der Waals surface area contributed by atoms with Crippen LogP contribution in [0.1, 0.15) is 5.69 Å². The maximum Gasteiger partial charge on any atom is 0.311 e. The number of anilines is 1. The Morgan fingerprint density at radius 2 is 2.15 bits per heavy atom. The predicted octanol–water partition coefficient (Wildman–Crippen LogP) is 2.85. The summed E-state index contributed by atoms with van der Waals surface area (Å²) in [6.45, 7) is 0. The SMILES string of the molecule is COC(=O)Cc1csc(NC(=O)CSc2nnc3sc4ccccc4n23)n1. The van der Waals surface area contributed by atoms with Crippen molar-refractivity contribution in [3.63, 3.8) is 0 Å². The number of aromatic nitrogens is 4. The van der Waals surface area contributed by atoms with Crippen LogP contribution in [-0.2, 0) is 20.7 Å². The summed E-state index contributed by atoms with van der Waals surface area (Å²) >= 11 is 4.14. The number of ether oxygens (including phenoxy) is 1. The molecule has 0 aliphatic heterocycles. The molecule has 0 saturated carbocycles. The van der Waals surface area contributed by atoms with Crippen molar-refractivity contribution in [2.75, 3.05) is 18.2 Å². The second kappa shape index (κ2) is 7.62. The third kappa shape index (κ3) is 3.80. The van der Waals surface area contributed by atoms with Crippen molar-refractivity contribution in [2.45, 2.75) is 11.6 Å². The molecule has 0 bridgehead atoms. The standard InChI is InChI=1S/C16H13N5O3S3/c1-24-13(23)6-9-7-25-14(17-9)18-12(22)8-26-15-19-20-16-21(15)10-4-2-3-5-11(10)27-16/h2-5,7H,6,8H2,1H3,(H,17,18,22). The van der Waals surface area contributed by atoms with Gasteiger partial charge >= 0.3 is 5.97 Å². The number of nitrogens with zero attached hydrogens (tertiary/aromatic N) is 4. The van der Waals surface area contributed by atoms with E-state index in [4.69, 9.17) is 0 Å². The molecule has 4 aromatic rings. The molecule has 3 heterocycles. The molecule has 1 aromatic carbocycles. The fraction of sp³-hybridized carbons (Fsp3) is 0.188. The van der Waals surface area contributed by atoms with Gasteiger partial charge in [-0.25, -0.2) is 4.98 Å². The van der Waals surface area contributed by atoms with Gasteiger partial charge in [0.2, 0.25) is 10.9 Å². The first kappa shape index (κ1) is 17.9. The number of thioether (sulfide) groups is 1. The number of amides is 1. The van der Waals surface area contributed by atoms with E-state index >= 15 is 0 Å². The fourth-order valence-corrected chi connectivity index (χ4v) is 4.89. The zero-order valence-electron chi connectivity index (χ0n) is 14.0. The fourth-order valence-electron chi connectivity index (χ4n) is 2.40. The largest absolute Gasteiger partial charge is 0.469 e. The average molecular weight is 420 g/mol. The molecule has 1 amide bonds. The molecule has 0 aliphatic rings. The highest BCUT2D eigenvalue weighted by molar-refractivity contribution is 7.99. The highest BCUT2D eigenvalue weighted by Crippen LogP contribution is 2.29. The lowest BCUT2D eigenvalue weighted by molar-refractivity contribution is -0.139. The third-order valence-corrected chi connectivity index (χ3v) is 6.34. The molecular weight excluding hydrogens is 406 g/mol. The Morgan fingerprint density at radius 1 is 1.30 bits per heavy atom. The number of fused-ring (bicyclic) bond motifs is 3. The third-order valence-electron chi connectivity index (χ3n) is 3.59. The van der Waals surface area contributed by atoms with Gasteiger partial charge in [-0.1, -0.05) is 35.2 Å². The minimum Gasteiger partial charge on any atom is -0.469 e. The molecule has 0 atom stereocenters. The summed E-state index contributed by atoms with van der Waals surface area (Å²) in [7, 11) is 1.33. The second-order valence-electron chi connectivity index (χ2n) is 5.40. The molecule has 3 aromatic heterocycles. The van der Waals surface area contributed by atoms with Crippen LogP contribution in [0.3, 0.4) is 0 Å². The molecule has 0 spiro atoms. The molecule has 0 radical (unpaired) electrons. The Labute approximate surface area is 165 Å². The normalized spacial score (nSPS) is 11.1. The lowest BCUT2D eigenvalue weighted by atomic mass is 10.3. The number of para-hydroxylation sites is 1. The van der Waals surface area contributed by atoms with Crippen LogP contribution in [0.2, 0.25) is 0 Å². The van der Waals surface area contributed by atoms with Crippen molar-refractivity contribution in [2.24, 2.45) is 0 Å². The number of esters is 1. The van der Waals surface area contributed by atoms with Crippen LogP contribution < -0.4 is 5.32 Å². The summed E-state index contributed by atoms with van der Waals surface area (Å²) < 4.78 is 7.68. The van der Waals surface area contributed by atoms with E-state index in [-0.39, 0.29) is 24.1 Å². The molecule has 138 valence electrons. The molecule has 0 fully saturated rings. The number of rotatable bonds is 6. The maximum absolute atomic E-state index is 12.2. The van der Waals surface area contributed by atoms with Crippen molar-refractivity contribution >= 4 is 66.6 Å². The zero-order chi connectivity index (χ0) is 18.8. The van der Waals surface area contributed by atoms with Gasteiger partial charge in [-0.3, -0.25) is 14.0 Å². The first-order valence-corrected chi connectivity index (χ1v) is 10.5. The summed E-state index contributed by atoms with van der Waals surface area (Å²) in [5, 5.41) is 13.9. The molecule has 8 nitrogen and oxygen atoms in total. The minimum absolute atomic E-state index is 0.0839. The van der Waals surface area contributed by atoms with E-state index in [1.807, 2.05) is 28.7 Å². The number of carbonyl (C=O) groups excluding carboxylic acids is 2. The Kier molecular flexibility index (Phi) is 5.05. The predicted molar refractivity (Wildman–Crippen MR) is 106 cm³/mol. The number of hydrogen-bond donors (Lipinski definition) is 1. The Hall–Kier alpha value is -2.50. The molecule has 27 heavy (non-hydrogen) atoms. The van der Waals surface area contributed by atoms with E-state index in [2.05, 4.69) is 25.2 Å². The van der Waals surface area contributed by atoms with Crippen molar-refractivity contribution in [1.82, 2.24) is 19.6 Å². The number of thiazole rings is 2. The summed E-state index contributed by atoms with van der Waals surface area (Å²) in [5.74, 6) is -0.389. The maximum atomic E-state index is 12.2. The van der Waals surface area contributed by atoms with Gasteiger partial charge in [-0.2, -0.15) is 0 Å². The van der Waals surface area contributed by atoms with E-state index in [0.29, 0.717) is 16.0 Å². The Balaban J connectivity index is 1.41. The van der Waals surface area contributed by atoms with E-state index in [1.165, 1.54) is 30.2 Å². The average Bonchev–Trinajstić information content (AvgIpc) is 3.35. The molecule has 0 aliphatic carbocycles. The van der Waals surface area contributed by atoms with Crippen LogP contribution in [0.25, 0.3) is 15.2 Å². The molecular formula is C16H13N5O3S3. The van der Waals surface area contributed by atoms with Gasteiger partial charge in [-0.05, 0) is 12.1 Å². The van der Waals surface area contributed by atoms with Crippen LogP contribution >= 0.6 is 34.4 Å². The molecule has 1 N–H and O–H groups in total. The van der Waals surface area contributed by atoms with Gasteiger partial charge in [0.1, 0.15) is 0 Å². The van der Waals surface area contributed by atoms with Crippen molar-refractivity contribution < 1.29 is 14.3 Å². The lowest BCUT2D eigenvalue weighted by Crippen LogP contribution is -2.14. The van der Waals surface area contributed by atoms with Crippen LogP contribution in [0.15, 0.2) is 34.8 Å². The summed E-state index contributed by atoms with van der Waals surface area (Å²) in [5.41, 5.74) is 1.59. The minimum atomic E-state index is -0.368. The highest BCUT2D eigenvalue weighted by atomic mass is 32.2. The first-order valence-electron chi connectivity index (χ1n) is 7.80. The summed E-state index contributed by atoms with van der Waals surface area (Å²) in [6.07, 6.45) is 0.0839. The van der Waals surface area contributed by atoms with Gasteiger partial charge < -0.3 is 10.1 Å². The number of methoxy groups -OCH3 is 1. The topological polar surface area (TPSA) is 98.5 Å². The van der Waals surface area contributed by atoms with Gasteiger partial charge in [0.25, 0.3) is 0 Å². The lowest BCUT2D eigenvalue weighted by Gasteiger charge is -2.01. The Bertz CT molecular complexity index is 1130. The van der Waals surface area contributed by atoms with E-state index < -0.39 is 0 Å². The van der Waals surface area contributed by atoms with E-state index in [1.54, 1.807) is 16.7 Å². The first-order chi connectivity index (χ1) is 13.1. The van der Waals surface area contributed by atoms with Gasteiger partial charge in [0.15, 0.2) is 10.3 Å². The van der Waals surface area contributed by atoms with Crippen LogP contribution in [0, 0.1) is 0 Å². The van der Waals surface area contributed by atoms with Crippen LogP contribution in [0.4, 0.5) is 5.13 Å². The smallest absolute Gasteiger partial charge is 0.311 e. The number of benzene rings is 1. The van der Waals surface area contributed by atoms with E-state index in [9.17, 15) is 9.59 Å². The highest BCUT2D eigenvalue weighted by Gasteiger charge is 2.15. The van der Waals surface area contributed by atoms with Crippen molar-refractivity contribution in [3.8, 4) is 0 Å². The quantitative estimate of drug-likeness (QED) is 0.379. The number of nitrogens with one attached hydrogen (secondary N) is 1. The van der Waals surface area contributed by atoms with Gasteiger partial charge in [-0.15, -0.1) is 21.5 Å². The van der Waals surface area contributed by atoms with Crippen LogP contribution in [0.5, 0.6) is 0 Å². The van der Waals surface area contributed by atoms with Crippen molar-refractivity contribution in [3.05, 3.63) is 35.3 Å². The molecule has 0 saturated heterocycles. The van der Waals surface area contributed by atoms with Crippen LogP contribution in [-0.4, -0.2) is 44.3 Å². The van der Waals surface area contributed by atoms with Gasteiger partial charge in [0, 0.05) is 5.38 Å². The number of carbonyl (C=O) groups is 2. The Morgan fingerprint density at radius 3 is 3.00 bits per heavy atom. The summed E-state index contributed by atoms with van der Waals surface area (Å²) in [4.78, 5) is 28.5. The number of hydrogen-bond acceptors (Lipinski definition) is 9. The summed E-state index contributed by atoms with van der Waals surface area (Å²) in [6, 6.07) is 7.98. The molecule has 0 unspecified atom stereocenters. The second-order valence-corrected chi connectivity index (χ2v) is 8.21. The zero-order valence-corrected chi connectivity index (χ0v) is 16.5. The van der Waals surface area contributed by atoms with Gasteiger partial charge in [0.05, 0.1) is 35.2 Å². The van der Waals surface area contributed by atoms with E-state index in [0.717, 1.165) is 15.2 Å². The monoisotopic (exact) mass is 419 g/mol. The molecule has 11 heteroatoms.